The van der Waals surface area contributed by atoms with Crippen molar-refractivity contribution in [2.24, 2.45) is 0 Å². The highest BCUT2D eigenvalue weighted by molar-refractivity contribution is 14.1. The molecule has 2 heterocycles. The molecule has 0 aliphatic carbocycles. The zero-order valence-electron chi connectivity index (χ0n) is 11.2. The summed E-state index contributed by atoms with van der Waals surface area (Å²) in [4.78, 5) is 4.40. The van der Waals surface area contributed by atoms with Crippen LogP contribution in [0.1, 0.15) is 5.56 Å². The van der Waals surface area contributed by atoms with Crippen molar-refractivity contribution >= 4 is 71.2 Å². The first-order valence-electron chi connectivity index (χ1n) is 6.15. The van der Waals surface area contributed by atoms with Gasteiger partial charge in [-0.15, -0.1) is 0 Å². The Bertz CT molecular complexity index is 984. The van der Waals surface area contributed by atoms with Crippen LogP contribution in [0.4, 0.5) is 0 Å². The Hall–Kier alpha value is -0.640. The van der Waals surface area contributed by atoms with Crippen LogP contribution in [0.3, 0.4) is 0 Å². The van der Waals surface area contributed by atoms with Crippen LogP contribution in [-0.4, -0.2) is 17.4 Å². The Kier molecular flexibility index (Phi) is 4.26. The summed E-state index contributed by atoms with van der Waals surface area (Å²) < 4.78 is 28.3. The molecular weight excluding hydrogens is 502 g/mol. The van der Waals surface area contributed by atoms with Crippen molar-refractivity contribution in [3.05, 3.63) is 55.3 Å². The van der Waals surface area contributed by atoms with Gasteiger partial charge in [-0.05, 0) is 63.6 Å². The average molecular weight is 512 g/mol. The predicted octanol–water partition coefficient (Wildman–Crippen LogP) is 4.60. The monoisotopic (exact) mass is 510 g/mol. The van der Waals surface area contributed by atoms with Crippen LogP contribution in [0.15, 0.2) is 45.9 Å². The van der Waals surface area contributed by atoms with E-state index in [0.717, 1.165) is 14.0 Å². The van der Waals surface area contributed by atoms with E-state index in [1.807, 2.05) is 29.5 Å². The number of hydrogen-bond acceptors (Lipinski definition) is 3. The Balaban J connectivity index is 2.34. The number of benzene rings is 1. The number of rotatable bonds is 2. The molecule has 0 amide bonds. The maximum Gasteiger partial charge on any atom is 0.270 e. The number of fused-ring (bicyclic) bond motifs is 1. The maximum atomic E-state index is 12.9. The maximum absolute atomic E-state index is 12.9. The van der Waals surface area contributed by atoms with Gasteiger partial charge in [-0.25, -0.2) is 17.4 Å². The van der Waals surface area contributed by atoms with Crippen molar-refractivity contribution in [3.8, 4) is 0 Å². The lowest BCUT2D eigenvalue weighted by atomic mass is 10.2. The molecule has 0 N–H and O–H groups in total. The van der Waals surface area contributed by atoms with Gasteiger partial charge in [-0.3, -0.25) is 0 Å². The summed E-state index contributed by atoms with van der Waals surface area (Å²) in [7, 11) is -3.80. The minimum Gasteiger partial charge on any atom is -0.236 e. The average Bonchev–Trinajstić information content (AvgIpc) is 2.72. The lowest BCUT2D eigenvalue weighted by Crippen LogP contribution is -2.13. The summed E-state index contributed by atoms with van der Waals surface area (Å²) in [6, 6.07) is 8.44. The fourth-order valence-electron chi connectivity index (χ4n) is 2.08. The van der Waals surface area contributed by atoms with Gasteiger partial charge in [0.25, 0.3) is 10.0 Å². The molecule has 0 aliphatic heterocycles. The minimum absolute atomic E-state index is 0.141. The van der Waals surface area contributed by atoms with Gasteiger partial charge in [0.15, 0.2) is 5.65 Å². The van der Waals surface area contributed by atoms with E-state index < -0.39 is 10.0 Å². The second-order valence-corrected chi connectivity index (χ2v) is 8.85. The molecule has 3 aromatic rings. The summed E-state index contributed by atoms with van der Waals surface area (Å²) in [6.07, 6.45) is 1.55. The van der Waals surface area contributed by atoms with E-state index >= 15 is 0 Å². The van der Waals surface area contributed by atoms with Gasteiger partial charge < -0.3 is 0 Å². The molecule has 0 atom stereocenters. The third kappa shape index (κ3) is 2.57. The van der Waals surface area contributed by atoms with Gasteiger partial charge in [-0.1, -0.05) is 29.3 Å². The van der Waals surface area contributed by atoms with E-state index in [4.69, 9.17) is 11.6 Å². The molecule has 1 aromatic carbocycles. The topological polar surface area (TPSA) is 52.0 Å². The standard InChI is InChI=1S/C14H9BrClIN2O2S/c1-8-2-4-10(5-3-8)22(20,21)19-13(16)12(17)11-6-9(15)7-18-14(11)19/h2-7H,1H3. The Morgan fingerprint density at radius 1 is 1.27 bits per heavy atom. The summed E-state index contributed by atoms with van der Waals surface area (Å²) >= 11 is 11.6. The van der Waals surface area contributed by atoms with Crippen molar-refractivity contribution in [2.75, 3.05) is 0 Å². The molecule has 0 radical (unpaired) electrons. The molecule has 4 nitrogen and oxygen atoms in total. The molecule has 0 saturated carbocycles. The first-order valence-corrected chi connectivity index (χ1v) is 9.84. The first kappa shape index (κ1) is 16.2. The normalized spacial score (nSPS) is 12.0. The highest BCUT2D eigenvalue weighted by atomic mass is 127. The van der Waals surface area contributed by atoms with Gasteiger partial charge in [0.2, 0.25) is 0 Å². The molecule has 3 rings (SSSR count). The Morgan fingerprint density at radius 3 is 2.55 bits per heavy atom. The number of nitrogens with zero attached hydrogens (tertiary/aromatic N) is 2. The molecule has 2 aromatic heterocycles. The lowest BCUT2D eigenvalue weighted by molar-refractivity contribution is 0.589. The zero-order chi connectivity index (χ0) is 16.1. The van der Waals surface area contributed by atoms with E-state index in [9.17, 15) is 8.42 Å². The van der Waals surface area contributed by atoms with Gasteiger partial charge in [0.1, 0.15) is 5.15 Å². The Morgan fingerprint density at radius 2 is 1.91 bits per heavy atom. The number of halogens is 3. The number of aryl methyl sites for hydroxylation is 1. The summed E-state index contributed by atoms with van der Waals surface area (Å²) in [6.45, 7) is 1.90. The van der Waals surface area contributed by atoms with Crippen LogP contribution < -0.4 is 0 Å². The van der Waals surface area contributed by atoms with Crippen LogP contribution in [0.5, 0.6) is 0 Å². The molecule has 22 heavy (non-hydrogen) atoms. The zero-order valence-corrected chi connectivity index (χ0v) is 16.5. The highest BCUT2D eigenvalue weighted by Gasteiger charge is 2.26. The molecule has 8 heteroatoms. The summed E-state index contributed by atoms with van der Waals surface area (Å²) in [5.41, 5.74) is 1.30. The van der Waals surface area contributed by atoms with E-state index in [1.54, 1.807) is 36.5 Å². The van der Waals surface area contributed by atoms with Crippen LogP contribution in [0, 0.1) is 10.5 Å². The van der Waals surface area contributed by atoms with Crippen LogP contribution in [0.2, 0.25) is 5.15 Å². The molecule has 0 fully saturated rings. The van der Waals surface area contributed by atoms with Crippen molar-refractivity contribution < 1.29 is 8.42 Å². The van der Waals surface area contributed by atoms with Gasteiger partial charge in [0.05, 0.1) is 8.47 Å². The molecule has 0 spiro atoms. The van der Waals surface area contributed by atoms with Crippen LogP contribution in [0.25, 0.3) is 11.0 Å². The van der Waals surface area contributed by atoms with Crippen molar-refractivity contribution in [1.29, 1.82) is 0 Å². The third-order valence-corrected chi connectivity index (χ3v) is 7.19. The fourth-order valence-corrected chi connectivity index (χ4v) is 5.04. The van der Waals surface area contributed by atoms with Crippen molar-refractivity contribution in [1.82, 2.24) is 8.96 Å². The predicted molar refractivity (Wildman–Crippen MR) is 98.9 cm³/mol. The molecule has 0 aliphatic rings. The first-order chi connectivity index (χ1) is 10.3. The molecule has 0 saturated heterocycles. The number of hydrogen-bond donors (Lipinski definition) is 0. The summed E-state index contributed by atoms with van der Waals surface area (Å²) in [5, 5.41) is 0.831. The second kappa shape index (κ2) is 5.77. The quantitative estimate of drug-likeness (QED) is 0.473. The van der Waals surface area contributed by atoms with E-state index in [2.05, 4.69) is 20.9 Å². The Labute approximate surface area is 154 Å². The number of aromatic nitrogens is 2. The molecular formula is C14H9BrClIN2O2S. The third-order valence-electron chi connectivity index (χ3n) is 3.18. The largest absolute Gasteiger partial charge is 0.270 e. The SMILES string of the molecule is Cc1ccc(S(=O)(=O)n2c(Cl)c(I)c3cc(Br)cnc32)cc1. The number of pyridine rings is 1. The van der Waals surface area contributed by atoms with Crippen molar-refractivity contribution in [3.63, 3.8) is 0 Å². The molecule has 0 bridgehead atoms. The lowest BCUT2D eigenvalue weighted by Gasteiger charge is -2.08. The summed E-state index contributed by atoms with van der Waals surface area (Å²) in [5.74, 6) is 0. The smallest absolute Gasteiger partial charge is 0.236 e. The van der Waals surface area contributed by atoms with E-state index in [0.29, 0.717) is 14.6 Å². The molecule has 0 unspecified atom stereocenters. The van der Waals surface area contributed by atoms with Crippen molar-refractivity contribution in [2.45, 2.75) is 11.8 Å². The van der Waals surface area contributed by atoms with Crippen LogP contribution >= 0.6 is 50.1 Å². The fraction of sp³-hybridized carbons (Fsp3) is 0.0714. The second-order valence-electron chi connectivity index (χ2n) is 4.71. The van der Waals surface area contributed by atoms with Crippen LogP contribution in [-0.2, 0) is 10.0 Å². The van der Waals surface area contributed by atoms with Gasteiger partial charge in [0, 0.05) is 16.1 Å². The van der Waals surface area contributed by atoms with E-state index in [-0.39, 0.29) is 10.0 Å². The van der Waals surface area contributed by atoms with Gasteiger partial charge in [-0.2, -0.15) is 0 Å². The van der Waals surface area contributed by atoms with E-state index in [1.165, 1.54) is 0 Å². The highest BCUT2D eigenvalue weighted by Crippen LogP contribution is 2.34. The molecule has 114 valence electrons. The minimum atomic E-state index is -3.80. The van der Waals surface area contributed by atoms with Gasteiger partial charge >= 0.3 is 0 Å².